The Morgan fingerprint density at radius 3 is 2.84 bits per heavy atom. The lowest BCUT2D eigenvalue weighted by Crippen LogP contribution is -2.29. The van der Waals surface area contributed by atoms with Crippen molar-refractivity contribution < 1.29 is 14.5 Å². The molecule has 0 bridgehead atoms. The number of benzene rings is 1. The highest BCUT2D eigenvalue weighted by Crippen LogP contribution is 2.29. The highest BCUT2D eigenvalue weighted by atomic mass is 16.6. The number of hydrogen-bond donors (Lipinski definition) is 2. The normalized spacial score (nSPS) is 13.9. The van der Waals surface area contributed by atoms with E-state index in [2.05, 4.69) is 10.6 Å². The van der Waals surface area contributed by atoms with E-state index in [4.69, 9.17) is 4.74 Å². The van der Waals surface area contributed by atoms with E-state index in [-0.39, 0.29) is 23.9 Å². The predicted octanol–water partition coefficient (Wildman–Crippen LogP) is 1.29. The Kier molecular flexibility index (Phi) is 3.96. The monoisotopic (exact) mass is 265 g/mol. The van der Waals surface area contributed by atoms with E-state index in [1.807, 2.05) is 0 Å². The number of rotatable bonds is 6. The van der Waals surface area contributed by atoms with Crippen molar-refractivity contribution in [3.05, 3.63) is 28.3 Å². The third kappa shape index (κ3) is 3.65. The zero-order chi connectivity index (χ0) is 13.8. The molecule has 102 valence electrons. The van der Waals surface area contributed by atoms with Crippen LogP contribution >= 0.6 is 0 Å². The summed E-state index contributed by atoms with van der Waals surface area (Å²) in [7, 11) is 1.36. The third-order valence-electron chi connectivity index (χ3n) is 2.79. The Morgan fingerprint density at radius 2 is 2.26 bits per heavy atom. The number of methoxy groups -OCH3 is 1. The molecule has 1 aromatic rings. The summed E-state index contributed by atoms with van der Waals surface area (Å²) in [6.45, 7) is 0.213. The molecule has 7 heteroatoms. The largest absolute Gasteiger partial charge is 0.490 e. The van der Waals surface area contributed by atoms with Gasteiger partial charge in [0.2, 0.25) is 5.91 Å². The number of nitro benzene ring substituents is 1. The van der Waals surface area contributed by atoms with Gasteiger partial charge < -0.3 is 15.4 Å². The Balaban J connectivity index is 2.00. The lowest BCUT2D eigenvalue weighted by molar-refractivity contribution is -0.385. The average molecular weight is 265 g/mol. The van der Waals surface area contributed by atoms with Crippen LogP contribution in [0.1, 0.15) is 12.8 Å². The number of nitrogens with zero attached hydrogens (tertiary/aromatic N) is 1. The smallest absolute Gasteiger partial charge is 0.312 e. The zero-order valence-electron chi connectivity index (χ0n) is 10.5. The van der Waals surface area contributed by atoms with Crippen LogP contribution < -0.4 is 15.4 Å². The van der Waals surface area contributed by atoms with Gasteiger partial charge >= 0.3 is 5.69 Å². The molecule has 2 rings (SSSR count). The van der Waals surface area contributed by atoms with Gasteiger partial charge in [0.25, 0.3) is 0 Å². The molecule has 1 amide bonds. The number of amides is 1. The number of carbonyl (C=O) groups excluding carboxylic acids is 1. The molecule has 0 atom stereocenters. The topological polar surface area (TPSA) is 93.5 Å². The minimum atomic E-state index is -0.545. The van der Waals surface area contributed by atoms with E-state index in [1.165, 1.54) is 19.2 Å². The Bertz CT molecular complexity index is 500. The minimum absolute atomic E-state index is 0.166. The minimum Gasteiger partial charge on any atom is -0.490 e. The quantitative estimate of drug-likeness (QED) is 0.597. The average Bonchev–Trinajstić information content (AvgIpc) is 3.20. The molecule has 7 nitrogen and oxygen atoms in total. The molecule has 1 aliphatic rings. The van der Waals surface area contributed by atoms with Crippen LogP contribution in [0.5, 0.6) is 5.75 Å². The van der Waals surface area contributed by atoms with Crippen LogP contribution in [0.3, 0.4) is 0 Å². The number of nitro groups is 1. The first-order valence-corrected chi connectivity index (χ1v) is 5.96. The number of hydrogen-bond acceptors (Lipinski definition) is 5. The summed E-state index contributed by atoms with van der Waals surface area (Å²) in [4.78, 5) is 21.9. The molecule has 0 aliphatic heterocycles. The number of carbonyl (C=O) groups is 1. The summed E-state index contributed by atoms with van der Waals surface area (Å²) in [6, 6.07) is 4.76. The van der Waals surface area contributed by atoms with Gasteiger partial charge in [0.05, 0.1) is 18.6 Å². The Morgan fingerprint density at radius 1 is 1.53 bits per heavy atom. The number of ether oxygens (including phenoxy) is 1. The SMILES string of the molecule is COc1ccc(NC(=O)CNC2CC2)cc1[N+](=O)[O-]. The van der Waals surface area contributed by atoms with Gasteiger partial charge in [0.1, 0.15) is 0 Å². The van der Waals surface area contributed by atoms with Crippen LogP contribution in [0, 0.1) is 10.1 Å². The van der Waals surface area contributed by atoms with Crippen molar-refractivity contribution in [3.8, 4) is 5.75 Å². The number of nitrogens with one attached hydrogen (secondary N) is 2. The van der Waals surface area contributed by atoms with Gasteiger partial charge in [0, 0.05) is 17.8 Å². The molecular formula is C12H15N3O4. The molecule has 0 saturated heterocycles. The highest BCUT2D eigenvalue weighted by Gasteiger charge is 2.21. The van der Waals surface area contributed by atoms with Crippen molar-refractivity contribution in [2.24, 2.45) is 0 Å². The van der Waals surface area contributed by atoms with Crippen LogP contribution in [-0.4, -0.2) is 30.5 Å². The molecule has 19 heavy (non-hydrogen) atoms. The molecule has 1 fully saturated rings. The summed E-state index contributed by atoms with van der Waals surface area (Å²) in [6.07, 6.45) is 2.20. The van der Waals surface area contributed by atoms with E-state index in [9.17, 15) is 14.9 Å². The second kappa shape index (κ2) is 5.66. The first-order valence-electron chi connectivity index (χ1n) is 5.96. The van der Waals surface area contributed by atoms with Gasteiger partial charge in [-0.05, 0) is 25.0 Å². The van der Waals surface area contributed by atoms with Crippen molar-refractivity contribution in [1.82, 2.24) is 5.32 Å². The van der Waals surface area contributed by atoms with Crippen molar-refractivity contribution in [3.63, 3.8) is 0 Å². The Labute approximate surface area is 110 Å². The van der Waals surface area contributed by atoms with E-state index < -0.39 is 4.92 Å². The van der Waals surface area contributed by atoms with Crippen molar-refractivity contribution in [2.45, 2.75) is 18.9 Å². The second-order valence-electron chi connectivity index (χ2n) is 4.35. The summed E-state index contributed by atoms with van der Waals surface area (Å²) in [5.41, 5.74) is 0.213. The first-order chi connectivity index (χ1) is 9.10. The zero-order valence-corrected chi connectivity index (χ0v) is 10.5. The molecule has 1 saturated carbocycles. The summed E-state index contributed by atoms with van der Waals surface area (Å²) in [5.74, 6) is -0.0505. The van der Waals surface area contributed by atoms with E-state index in [0.717, 1.165) is 12.8 Å². The molecular weight excluding hydrogens is 250 g/mol. The molecule has 0 heterocycles. The van der Waals surface area contributed by atoms with Crippen LogP contribution in [0.2, 0.25) is 0 Å². The second-order valence-corrected chi connectivity index (χ2v) is 4.35. The first kappa shape index (κ1) is 13.3. The van der Waals surface area contributed by atoms with Crippen LogP contribution in [0.15, 0.2) is 18.2 Å². The third-order valence-corrected chi connectivity index (χ3v) is 2.79. The summed E-state index contributed by atoms with van der Waals surface area (Å²) < 4.78 is 4.89. The maximum absolute atomic E-state index is 11.6. The lowest BCUT2D eigenvalue weighted by atomic mass is 10.2. The molecule has 0 unspecified atom stereocenters. The van der Waals surface area contributed by atoms with Gasteiger partial charge in [-0.15, -0.1) is 0 Å². The van der Waals surface area contributed by atoms with E-state index in [0.29, 0.717) is 11.7 Å². The van der Waals surface area contributed by atoms with Gasteiger partial charge in [-0.1, -0.05) is 0 Å². The summed E-state index contributed by atoms with van der Waals surface area (Å²) >= 11 is 0. The fourth-order valence-electron chi connectivity index (χ4n) is 1.64. The molecule has 1 aliphatic carbocycles. The van der Waals surface area contributed by atoms with E-state index >= 15 is 0 Å². The highest BCUT2D eigenvalue weighted by molar-refractivity contribution is 5.92. The summed E-state index contributed by atoms with van der Waals surface area (Å²) in [5, 5.41) is 16.5. The fraction of sp³-hybridized carbons (Fsp3) is 0.417. The van der Waals surface area contributed by atoms with Crippen LogP contribution in [-0.2, 0) is 4.79 Å². The molecule has 0 spiro atoms. The molecule has 0 aromatic heterocycles. The Hall–Kier alpha value is -2.15. The molecule has 2 N–H and O–H groups in total. The fourth-order valence-corrected chi connectivity index (χ4v) is 1.64. The number of anilines is 1. The van der Waals surface area contributed by atoms with Crippen molar-refractivity contribution in [1.29, 1.82) is 0 Å². The van der Waals surface area contributed by atoms with Gasteiger partial charge in [-0.3, -0.25) is 14.9 Å². The molecule has 1 aromatic carbocycles. The van der Waals surface area contributed by atoms with E-state index in [1.54, 1.807) is 6.07 Å². The van der Waals surface area contributed by atoms with Crippen molar-refractivity contribution in [2.75, 3.05) is 19.0 Å². The van der Waals surface area contributed by atoms with Crippen LogP contribution in [0.25, 0.3) is 0 Å². The predicted molar refractivity (Wildman–Crippen MR) is 69.3 cm³/mol. The maximum atomic E-state index is 11.6. The lowest BCUT2D eigenvalue weighted by Gasteiger charge is -2.07. The molecule has 0 radical (unpaired) electrons. The van der Waals surface area contributed by atoms with Gasteiger partial charge in [0.15, 0.2) is 5.75 Å². The standard InChI is InChI=1S/C12H15N3O4/c1-19-11-5-4-9(6-10(11)15(17)18)14-12(16)7-13-8-2-3-8/h4-6,8,13H,2-3,7H2,1H3,(H,14,16). The van der Waals surface area contributed by atoms with Gasteiger partial charge in [-0.2, -0.15) is 0 Å². The maximum Gasteiger partial charge on any atom is 0.312 e. The van der Waals surface area contributed by atoms with Crippen LogP contribution in [0.4, 0.5) is 11.4 Å². The van der Waals surface area contributed by atoms with Crippen molar-refractivity contribution >= 4 is 17.3 Å². The van der Waals surface area contributed by atoms with Gasteiger partial charge in [-0.25, -0.2) is 0 Å².